The van der Waals surface area contributed by atoms with Crippen molar-refractivity contribution in [3.63, 3.8) is 0 Å². The smallest absolute Gasteiger partial charge is 0.316 e. The summed E-state index contributed by atoms with van der Waals surface area (Å²) in [6, 6.07) is 7.50. The van der Waals surface area contributed by atoms with Crippen LogP contribution in [0.1, 0.15) is 25.8 Å². The molecular weight excluding hydrogens is 354 g/mol. The SMILES string of the molecule is C=CCn1c(SCC(=O)OC(C)C)nnc1C1COc2ccccc2O1. The number of hydrogen-bond acceptors (Lipinski definition) is 7. The maximum Gasteiger partial charge on any atom is 0.316 e. The van der Waals surface area contributed by atoms with Crippen LogP contribution in [-0.4, -0.2) is 39.2 Å². The van der Waals surface area contributed by atoms with Crippen molar-refractivity contribution in [2.45, 2.75) is 37.8 Å². The predicted molar refractivity (Wildman–Crippen MR) is 97.5 cm³/mol. The molecule has 2 heterocycles. The van der Waals surface area contributed by atoms with E-state index in [-0.39, 0.29) is 23.9 Å². The number of aromatic nitrogens is 3. The summed E-state index contributed by atoms with van der Waals surface area (Å²) in [5.74, 6) is 1.90. The Kier molecular flexibility index (Phi) is 5.82. The summed E-state index contributed by atoms with van der Waals surface area (Å²) in [7, 11) is 0. The zero-order chi connectivity index (χ0) is 18.5. The number of carbonyl (C=O) groups is 1. The number of rotatable bonds is 7. The minimum Gasteiger partial charge on any atom is -0.485 e. The first-order valence-electron chi connectivity index (χ1n) is 8.33. The van der Waals surface area contributed by atoms with Crippen molar-refractivity contribution >= 4 is 17.7 Å². The first kappa shape index (κ1) is 18.3. The Morgan fingerprint density at radius 2 is 2.19 bits per heavy atom. The number of thioether (sulfide) groups is 1. The molecular formula is C18H21N3O4S. The first-order valence-corrected chi connectivity index (χ1v) is 9.31. The quantitative estimate of drug-likeness (QED) is 0.418. The maximum absolute atomic E-state index is 11.8. The Labute approximate surface area is 156 Å². The van der Waals surface area contributed by atoms with Crippen LogP contribution in [-0.2, 0) is 16.1 Å². The topological polar surface area (TPSA) is 75.5 Å². The number of esters is 1. The molecule has 26 heavy (non-hydrogen) atoms. The molecule has 0 N–H and O–H groups in total. The number of hydrogen-bond donors (Lipinski definition) is 0. The molecule has 0 saturated heterocycles. The number of benzene rings is 1. The van der Waals surface area contributed by atoms with Crippen molar-refractivity contribution in [2.75, 3.05) is 12.4 Å². The van der Waals surface area contributed by atoms with Crippen LogP contribution in [0.25, 0.3) is 0 Å². The highest BCUT2D eigenvalue weighted by Gasteiger charge is 2.28. The van der Waals surface area contributed by atoms with Crippen LogP contribution >= 0.6 is 11.8 Å². The standard InChI is InChI=1S/C18H21N3O4S/c1-4-9-21-17(15-10-23-13-7-5-6-8-14(13)25-15)19-20-18(21)26-11-16(22)24-12(2)3/h4-8,12,15H,1,9-11H2,2-3H3. The monoisotopic (exact) mass is 375 g/mol. The molecule has 0 saturated carbocycles. The number of ether oxygens (including phenoxy) is 3. The van der Waals surface area contributed by atoms with Gasteiger partial charge < -0.3 is 14.2 Å². The minimum atomic E-state index is -0.380. The molecule has 1 aromatic carbocycles. The Morgan fingerprint density at radius 3 is 2.92 bits per heavy atom. The van der Waals surface area contributed by atoms with E-state index in [1.807, 2.05) is 42.7 Å². The summed E-state index contributed by atoms with van der Waals surface area (Å²) in [6.45, 7) is 8.27. The van der Waals surface area contributed by atoms with Gasteiger partial charge in [0.1, 0.15) is 6.61 Å². The van der Waals surface area contributed by atoms with E-state index in [4.69, 9.17) is 14.2 Å². The summed E-state index contributed by atoms with van der Waals surface area (Å²) in [6.07, 6.45) is 1.23. The van der Waals surface area contributed by atoms with Gasteiger partial charge >= 0.3 is 5.97 Å². The maximum atomic E-state index is 11.8. The molecule has 3 rings (SSSR count). The van der Waals surface area contributed by atoms with E-state index in [1.54, 1.807) is 6.08 Å². The molecule has 0 fully saturated rings. The molecule has 1 aromatic heterocycles. The molecule has 1 unspecified atom stereocenters. The van der Waals surface area contributed by atoms with E-state index in [2.05, 4.69) is 16.8 Å². The zero-order valence-electron chi connectivity index (χ0n) is 14.8. The summed E-state index contributed by atoms with van der Waals surface area (Å²) in [5.41, 5.74) is 0. The van der Waals surface area contributed by atoms with Gasteiger partial charge in [0.15, 0.2) is 28.6 Å². The molecule has 0 amide bonds. The van der Waals surface area contributed by atoms with E-state index in [0.29, 0.717) is 35.6 Å². The summed E-state index contributed by atoms with van der Waals surface area (Å²) < 4.78 is 18.8. The van der Waals surface area contributed by atoms with Crippen LogP contribution in [0.3, 0.4) is 0 Å². The second kappa shape index (κ2) is 8.27. The molecule has 0 radical (unpaired) electrons. The third-order valence-corrected chi connectivity index (χ3v) is 4.48. The molecule has 138 valence electrons. The van der Waals surface area contributed by atoms with Crippen LogP contribution in [0, 0.1) is 0 Å². The van der Waals surface area contributed by atoms with Crippen molar-refractivity contribution in [3.8, 4) is 11.5 Å². The zero-order valence-corrected chi connectivity index (χ0v) is 15.6. The van der Waals surface area contributed by atoms with Gasteiger partial charge in [0, 0.05) is 6.54 Å². The van der Waals surface area contributed by atoms with E-state index >= 15 is 0 Å². The van der Waals surface area contributed by atoms with Crippen molar-refractivity contribution < 1.29 is 19.0 Å². The second-order valence-electron chi connectivity index (χ2n) is 5.93. The fourth-order valence-electron chi connectivity index (χ4n) is 2.51. The molecule has 1 atom stereocenters. The number of fused-ring (bicyclic) bond motifs is 1. The fraction of sp³-hybridized carbons (Fsp3) is 0.389. The number of allylic oxidation sites excluding steroid dienone is 1. The van der Waals surface area contributed by atoms with E-state index in [9.17, 15) is 4.79 Å². The average molecular weight is 375 g/mol. The first-order chi connectivity index (χ1) is 12.6. The molecule has 0 aliphatic carbocycles. The minimum absolute atomic E-state index is 0.141. The van der Waals surface area contributed by atoms with Gasteiger partial charge in [0.05, 0.1) is 11.9 Å². The second-order valence-corrected chi connectivity index (χ2v) is 6.87. The average Bonchev–Trinajstić information content (AvgIpc) is 3.02. The van der Waals surface area contributed by atoms with Gasteiger partial charge in [0.2, 0.25) is 0 Å². The van der Waals surface area contributed by atoms with Crippen LogP contribution in [0.2, 0.25) is 0 Å². The van der Waals surface area contributed by atoms with Crippen LogP contribution < -0.4 is 9.47 Å². The normalized spacial score (nSPS) is 15.7. The van der Waals surface area contributed by atoms with Crippen molar-refractivity contribution in [1.29, 1.82) is 0 Å². The lowest BCUT2D eigenvalue weighted by molar-refractivity contribution is -0.144. The van der Waals surface area contributed by atoms with Crippen LogP contribution in [0.4, 0.5) is 0 Å². The van der Waals surface area contributed by atoms with E-state index < -0.39 is 0 Å². The lowest BCUT2D eigenvalue weighted by Crippen LogP contribution is -2.25. The molecule has 7 nitrogen and oxygen atoms in total. The largest absolute Gasteiger partial charge is 0.485 e. The van der Waals surface area contributed by atoms with Gasteiger partial charge in [-0.05, 0) is 26.0 Å². The molecule has 1 aliphatic rings. The number of carbonyl (C=O) groups excluding carboxylic acids is 1. The van der Waals surface area contributed by atoms with Crippen LogP contribution in [0.15, 0.2) is 42.1 Å². The molecule has 1 aliphatic heterocycles. The molecule has 8 heteroatoms. The summed E-state index contributed by atoms with van der Waals surface area (Å²) in [5, 5.41) is 9.07. The van der Waals surface area contributed by atoms with Gasteiger partial charge in [-0.2, -0.15) is 0 Å². The van der Waals surface area contributed by atoms with Gasteiger partial charge in [-0.15, -0.1) is 16.8 Å². The van der Waals surface area contributed by atoms with Gasteiger partial charge in [0.25, 0.3) is 0 Å². The van der Waals surface area contributed by atoms with Gasteiger partial charge in [-0.3, -0.25) is 9.36 Å². The Morgan fingerprint density at radius 1 is 1.42 bits per heavy atom. The van der Waals surface area contributed by atoms with Crippen molar-refractivity contribution in [3.05, 3.63) is 42.7 Å². The Balaban J connectivity index is 1.75. The lowest BCUT2D eigenvalue weighted by Gasteiger charge is -2.26. The molecule has 2 aromatic rings. The Bertz CT molecular complexity index is 790. The van der Waals surface area contributed by atoms with Gasteiger partial charge in [-0.1, -0.05) is 30.0 Å². The highest BCUT2D eigenvalue weighted by Crippen LogP contribution is 2.36. The number of para-hydroxylation sites is 2. The van der Waals surface area contributed by atoms with Crippen LogP contribution in [0.5, 0.6) is 11.5 Å². The Hall–Kier alpha value is -2.48. The fourth-order valence-corrected chi connectivity index (χ4v) is 3.25. The summed E-state index contributed by atoms with van der Waals surface area (Å²) in [4.78, 5) is 11.8. The predicted octanol–water partition coefficient (Wildman–Crippen LogP) is 3.02. The lowest BCUT2D eigenvalue weighted by atomic mass is 10.2. The molecule has 0 bridgehead atoms. The van der Waals surface area contributed by atoms with Crippen molar-refractivity contribution in [1.82, 2.24) is 14.8 Å². The van der Waals surface area contributed by atoms with Gasteiger partial charge in [-0.25, -0.2) is 0 Å². The van der Waals surface area contributed by atoms with E-state index in [1.165, 1.54) is 11.8 Å². The third kappa shape index (κ3) is 4.19. The highest BCUT2D eigenvalue weighted by molar-refractivity contribution is 7.99. The third-order valence-electron chi connectivity index (χ3n) is 3.54. The van der Waals surface area contributed by atoms with E-state index in [0.717, 1.165) is 0 Å². The number of nitrogens with zero attached hydrogens (tertiary/aromatic N) is 3. The molecule has 0 spiro atoms. The summed E-state index contributed by atoms with van der Waals surface area (Å²) >= 11 is 1.28. The van der Waals surface area contributed by atoms with Crippen molar-refractivity contribution in [2.24, 2.45) is 0 Å². The highest BCUT2D eigenvalue weighted by atomic mass is 32.2.